The highest BCUT2D eigenvalue weighted by atomic mass is 16.2. The number of ketones is 1. The van der Waals surface area contributed by atoms with Crippen LogP contribution in [-0.4, -0.2) is 47.1 Å². The fourth-order valence-corrected chi connectivity index (χ4v) is 3.92. The number of nitrogens with one attached hydrogen (secondary N) is 2. The Morgan fingerprint density at radius 3 is 2.37 bits per heavy atom. The highest BCUT2D eigenvalue weighted by Crippen LogP contribution is 2.24. The number of H-pyrrole nitrogens is 1. The number of hydrogen-bond acceptors (Lipinski definition) is 3. The number of carbonyl (C=O) groups is 3. The molecule has 1 fully saturated rings. The van der Waals surface area contributed by atoms with Gasteiger partial charge in [0.1, 0.15) is 5.69 Å². The Morgan fingerprint density at radius 1 is 1.15 bits per heavy atom. The highest BCUT2D eigenvalue weighted by molar-refractivity contribution is 6.02. The van der Waals surface area contributed by atoms with E-state index in [4.69, 9.17) is 0 Å². The number of amides is 2. The van der Waals surface area contributed by atoms with Gasteiger partial charge in [-0.3, -0.25) is 14.4 Å². The van der Waals surface area contributed by atoms with Crippen LogP contribution in [0.15, 0.2) is 0 Å². The molecular formula is C21H33N3O3. The molecule has 0 unspecified atom stereocenters. The molecule has 150 valence electrons. The van der Waals surface area contributed by atoms with Crippen molar-refractivity contribution in [3.8, 4) is 0 Å². The van der Waals surface area contributed by atoms with Gasteiger partial charge in [-0.05, 0) is 45.1 Å². The van der Waals surface area contributed by atoms with Gasteiger partial charge in [-0.25, -0.2) is 0 Å². The van der Waals surface area contributed by atoms with Gasteiger partial charge in [0.2, 0.25) is 5.91 Å². The summed E-state index contributed by atoms with van der Waals surface area (Å²) in [6.45, 7) is 9.35. The van der Waals surface area contributed by atoms with E-state index in [1.54, 1.807) is 4.90 Å². The SMILES string of the molecule is CCCCCNC(=O)C1CCN(C(=O)c2[nH]c(C)c(C(C)=O)c2CC)CC1. The topological polar surface area (TPSA) is 82.3 Å². The normalized spacial score (nSPS) is 15.0. The van der Waals surface area contributed by atoms with Gasteiger partial charge in [-0.15, -0.1) is 0 Å². The average molecular weight is 376 g/mol. The third-order valence-corrected chi connectivity index (χ3v) is 5.44. The van der Waals surface area contributed by atoms with Crippen LogP contribution in [0.3, 0.4) is 0 Å². The molecule has 0 saturated carbocycles. The standard InChI is InChI=1S/C21H33N3O3/c1-5-7-8-11-22-20(26)16-9-12-24(13-10-16)21(27)19-17(6-2)18(15(4)25)14(3)23-19/h16,23H,5-13H2,1-4H3,(H,22,26). The first-order valence-corrected chi connectivity index (χ1v) is 10.2. The number of Topliss-reactive ketones (excluding diaryl/α,β-unsaturated/α-hetero) is 1. The summed E-state index contributed by atoms with van der Waals surface area (Å²) >= 11 is 0. The maximum absolute atomic E-state index is 13.0. The maximum Gasteiger partial charge on any atom is 0.270 e. The number of unbranched alkanes of at least 4 members (excludes halogenated alkanes) is 2. The Morgan fingerprint density at radius 2 is 1.81 bits per heavy atom. The molecule has 0 bridgehead atoms. The predicted molar refractivity (Wildman–Crippen MR) is 106 cm³/mol. The lowest BCUT2D eigenvalue weighted by Gasteiger charge is -2.31. The average Bonchev–Trinajstić information content (AvgIpc) is 3.01. The lowest BCUT2D eigenvalue weighted by atomic mass is 9.95. The van der Waals surface area contributed by atoms with Gasteiger partial charge in [0, 0.05) is 36.8 Å². The minimum Gasteiger partial charge on any atom is -0.356 e. The van der Waals surface area contributed by atoms with Crippen LogP contribution in [0.2, 0.25) is 0 Å². The number of likely N-dealkylation sites (tertiary alicyclic amines) is 1. The van der Waals surface area contributed by atoms with Gasteiger partial charge < -0.3 is 15.2 Å². The van der Waals surface area contributed by atoms with E-state index in [1.165, 1.54) is 6.92 Å². The lowest BCUT2D eigenvalue weighted by molar-refractivity contribution is -0.126. The zero-order valence-corrected chi connectivity index (χ0v) is 17.1. The fourth-order valence-electron chi connectivity index (χ4n) is 3.92. The minimum atomic E-state index is -0.0655. The van der Waals surface area contributed by atoms with Crippen LogP contribution >= 0.6 is 0 Å². The molecule has 6 nitrogen and oxygen atoms in total. The van der Waals surface area contributed by atoms with Crippen molar-refractivity contribution < 1.29 is 14.4 Å². The Bertz CT molecular complexity index is 685. The van der Waals surface area contributed by atoms with Crippen molar-refractivity contribution in [2.45, 2.75) is 66.2 Å². The number of aryl methyl sites for hydroxylation is 1. The summed E-state index contributed by atoms with van der Waals surface area (Å²) in [5.41, 5.74) is 2.73. The summed E-state index contributed by atoms with van der Waals surface area (Å²) in [5.74, 6) is 0.0175. The first-order chi connectivity index (χ1) is 12.9. The van der Waals surface area contributed by atoms with Crippen LogP contribution in [0.25, 0.3) is 0 Å². The molecule has 1 saturated heterocycles. The van der Waals surface area contributed by atoms with E-state index < -0.39 is 0 Å². The van der Waals surface area contributed by atoms with Gasteiger partial charge in [-0.2, -0.15) is 0 Å². The first-order valence-electron chi connectivity index (χ1n) is 10.2. The van der Waals surface area contributed by atoms with Gasteiger partial charge in [0.25, 0.3) is 5.91 Å². The van der Waals surface area contributed by atoms with E-state index in [2.05, 4.69) is 17.2 Å². The quantitative estimate of drug-likeness (QED) is 0.540. The van der Waals surface area contributed by atoms with Crippen molar-refractivity contribution in [2.24, 2.45) is 5.92 Å². The molecule has 1 aliphatic rings. The number of aromatic amines is 1. The number of piperidine rings is 1. The van der Waals surface area contributed by atoms with Gasteiger partial charge in [0.05, 0.1) is 0 Å². The molecule has 2 heterocycles. The van der Waals surface area contributed by atoms with Crippen molar-refractivity contribution in [3.05, 3.63) is 22.5 Å². The Kier molecular flexibility index (Phi) is 7.63. The summed E-state index contributed by atoms with van der Waals surface area (Å²) in [6, 6.07) is 0. The number of rotatable bonds is 8. The Balaban J connectivity index is 1.96. The molecule has 1 aliphatic heterocycles. The summed E-state index contributed by atoms with van der Waals surface area (Å²) in [6.07, 6.45) is 5.30. The minimum absolute atomic E-state index is 0.0144. The van der Waals surface area contributed by atoms with E-state index in [1.807, 2.05) is 13.8 Å². The maximum atomic E-state index is 13.0. The zero-order valence-electron chi connectivity index (χ0n) is 17.1. The summed E-state index contributed by atoms with van der Waals surface area (Å²) < 4.78 is 0. The molecule has 2 amide bonds. The molecule has 0 aliphatic carbocycles. The van der Waals surface area contributed by atoms with Gasteiger partial charge in [-0.1, -0.05) is 26.7 Å². The fraction of sp³-hybridized carbons (Fsp3) is 0.667. The smallest absolute Gasteiger partial charge is 0.270 e. The van der Waals surface area contributed by atoms with Crippen molar-refractivity contribution in [3.63, 3.8) is 0 Å². The Labute approximate surface area is 162 Å². The molecule has 0 aromatic carbocycles. The molecule has 0 spiro atoms. The van der Waals surface area contributed by atoms with E-state index >= 15 is 0 Å². The number of hydrogen-bond donors (Lipinski definition) is 2. The first kappa shape index (κ1) is 21.2. The van der Waals surface area contributed by atoms with Crippen LogP contribution in [0.5, 0.6) is 0 Å². The number of aromatic nitrogens is 1. The summed E-state index contributed by atoms with van der Waals surface area (Å²) in [5, 5.41) is 3.02. The molecule has 6 heteroatoms. The second-order valence-corrected chi connectivity index (χ2v) is 7.45. The molecule has 2 N–H and O–H groups in total. The van der Waals surface area contributed by atoms with E-state index in [0.29, 0.717) is 43.6 Å². The molecule has 0 atom stereocenters. The van der Waals surface area contributed by atoms with Crippen LogP contribution in [0.4, 0.5) is 0 Å². The van der Waals surface area contributed by atoms with Crippen molar-refractivity contribution >= 4 is 17.6 Å². The Hall–Kier alpha value is -2.11. The van der Waals surface area contributed by atoms with Crippen LogP contribution < -0.4 is 5.32 Å². The molecule has 27 heavy (non-hydrogen) atoms. The van der Waals surface area contributed by atoms with E-state index in [-0.39, 0.29) is 23.5 Å². The zero-order chi connectivity index (χ0) is 20.0. The number of carbonyl (C=O) groups excluding carboxylic acids is 3. The molecular weight excluding hydrogens is 342 g/mol. The van der Waals surface area contributed by atoms with Gasteiger partial charge in [0.15, 0.2) is 5.78 Å². The monoisotopic (exact) mass is 375 g/mol. The molecule has 1 aromatic heterocycles. The second kappa shape index (κ2) is 9.72. The molecule has 2 rings (SSSR count). The van der Waals surface area contributed by atoms with Crippen molar-refractivity contribution in [1.29, 1.82) is 0 Å². The largest absolute Gasteiger partial charge is 0.356 e. The van der Waals surface area contributed by atoms with Crippen LogP contribution in [0.1, 0.15) is 85.0 Å². The third kappa shape index (κ3) is 4.99. The predicted octanol–water partition coefficient (Wildman–Crippen LogP) is 3.25. The van der Waals surface area contributed by atoms with Crippen LogP contribution in [0, 0.1) is 12.8 Å². The molecule has 1 aromatic rings. The number of nitrogens with zero attached hydrogens (tertiary/aromatic N) is 1. The summed E-state index contributed by atoms with van der Waals surface area (Å²) in [4.78, 5) is 42.1. The summed E-state index contributed by atoms with van der Waals surface area (Å²) in [7, 11) is 0. The molecule has 0 radical (unpaired) electrons. The highest BCUT2D eigenvalue weighted by Gasteiger charge is 2.30. The van der Waals surface area contributed by atoms with Gasteiger partial charge >= 0.3 is 0 Å². The van der Waals surface area contributed by atoms with E-state index in [0.717, 1.165) is 37.1 Å². The third-order valence-electron chi connectivity index (χ3n) is 5.44. The van der Waals surface area contributed by atoms with Crippen molar-refractivity contribution in [2.75, 3.05) is 19.6 Å². The second-order valence-electron chi connectivity index (χ2n) is 7.45. The van der Waals surface area contributed by atoms with Crippen molar-refractivity contribution in [1.82, 2.24) is 15.2 Å². The van der Waals surface area contributed by atoms with E-state index in [9.17, 15) is 14.4 Å². The lowest BCUT2D eigenvalue weighted by Crippen LogP contribution is -2.43. The van der Waals surface area contributed by atoms with Crippen LogP contribution in [-0.2, 0) is 11.2 Å².